The third kappa shape index (κ3) is 4.14. The van der Waals surface area contributed by atoms with Gasteiger partial charge in [-0.25, -0.2) is 13.6 Å². The Kier molecular flexibility index (Phi) is 5.42. The van der Waals surface area contributed by atoms with E-state index in [0.717, 1.165) is 5.56 Å². The van der Waals surface area contributed by atoms with E-state index in [1.165, 1.54) is 36.4 Å². The van der Waals surface area contributed by atoms with Crippen LogP contribution >= 0.6 is 0 Å². The highest BCUT2D eigenvalue weighted by atomic mass is 19.1. The van der Waals surface area contributed by atoms with Gasteiger partial charge in [0.25, 0.3) is 5.91 Å². The number of carbonyl (C=O) groups excluding carboxylic acids is 2. The average Bonchev–Trinajstić information content (AvgIpc) is 2.69. The largest absolute Gasteiger partial charge is 0.438 e. The number of fused-ring (bicyclic) bond motifs is 2. The molecule has 6 nitrogen and oxygen atoms in total. The molecule has 0 bridgehead atoms. The molecule has 1 fully saturated rings. The van der Waals surface area contributed by atoms with Gasteiger partial charge in [-0.05, 0) is 43.3 Å². The van der Waals surface area contributed by atoms with Crippen LogP contribution in [0.25, 0.3) is 0 Å². The summed E-state index contributed by atoms with van der Waals surface area (Å²) in [4.78, 5) is 26.5. The van der Waals surface area contributed by atoms with Crippen molar-refractivity contribution in [2.75, 3.05) is 25.0 Å². The Hall–Kier alpha value is -3.00. The summed E-state index contributed by atoms with van der Waals surface area (Å²) >= 11 is 0. The summed E-state index contributed by atoms with van der Waals surface area (Å²) in [5.74, 6) is -1.04. The molecule has 1 atom stereocenters. The lowest BCUT2D eigenvalue weighted by atomic mass is 9.82. The molecule has 0 unspecified atom stereocenters. The molecule has 2 aromatic carbocycles. The van der Waals surface area contributed by atoms with Crippen LogP contribution in [-0.4, -0.2) is 42.6 Å². The fourth-order valence-electron chi connectivity index (χ4n) is 4.19. The third-order valence-corrected chi connectivity index (χ3v) is 5.68. The van der Waals surface area contributed by atoms with Crippen LogP contribution in [0.4, 0.5) is 19.3 Å². The number of hydrogen-bond donors (Lipinski definition) is 2. The number of nitrogens with zero attached hydrogens (tertiary/aromatic N) is 1. The minimum absolute atomic E-state index is 0.117. The van der Waals surface area contributed by atoms with Crippen molar-refractivity contribution in [2.24, 2.45) is 0 Å². The maximum Gasteiger partial charge on any atom is 0.412 e. The highest BCUT2D eigenvalue weighted by Crippen LogP contribution is 2.43. The molecule has 158 valence electrons. The van der Waals surface area contributed by atoms with Gasteiger partial charge in [-0.1, -0.05) is 6.07 Å². The number of benzene rings is 2. The van der Waals surface area contributed by atoms with E-state index in [0.29, 0.717) is 43.7 Å². The second kappa shape index (κ2) is 8.02. The number of piperidine rings is 1. The molecule has 0 saturated carbocycles. The number of amides is 2. The monoisotopic (exact) mass is 415 g/mol. The van der Waals surface area contributed by atoms with Crippen LogP contribution in [0.2, 0.25) is 0 Å². The van der Waals surface area contributed by atoms with Gasteiger partial charge in [0.2, 0.25) is 0 Å². The van der Waals surface area contributed by atoms with E-state index in [-0.39, 0.29) is 17.8 Å². The topological polar surface area (TPSA) is 70.7 Å². The van der Waals surface area contributed by atoms with E-state index in [9.17, 15) is 18.4 Å². The van der Waals surface area contributed by atoms with Gasteiger partial charge in [-0.2, -0.15) is 0 Å². The Morgan fingerprint density at radius 1 is 1.17 bits per heavy atom. The Morgan fingerprint density at radius 2 is 1.83 bits per heavy atom. The summed E-state index contributed by atoms with van der Waals surface area (Å²) in [5.41, 5.74) is 0.898. The number of rotatable bonds is 4. The van der Waals surface area contributed by atoms with Gasteiger partial charge in [0.1, 0.15) is 17.2 Å². The molecule has 2 N–H and O–H groups in total. The molecule has 1 saturated heterocycles. The first-order chi connectivity index (χ1) is 14.3. The molecule has 1 spiro atoms. The number of anilines is 1. The van der Waals surface area contributed by atoms with E-state index in [1.807, 2.05) is 6.92 Å². The van der Waals surface area contributed by atoms with Crippen molar-refractivity contribution in [1.82, 2.24) is 10.2 Å². The first kappa shape index (κ1) is 20.3. The molecular weight excluding hydrogens is 392 g/mol. The zero-order chi connectivity index (χ0) is 21.3. The third-order valence-electron chi connectivity index (χ3n) is 5.68. The van der Waals surface area contributed by atoms with Gasteiger partial charge >= 0.3 is 6.09 Å². The van der Waals surface area contributed by atoms with Crippen LogP contribution in [0.15, 0.2) is 42.5 Å². The van der Waals surface area contributed by atoms with Gasteiger partial charge in [0, 0.05) is 49.6 Å². The molecule has 0 radical (unpaired) electrons. The Bertz CT molecular complexity index is 957. The van der Waals surface area contributed by atoms with Gasteiger partial charge in [-0.15, -0.1) is 0 Å². The maximum atomic E-state index is 13.6. The van der Waals surface area contributed by atoms with Crippen molar-refractivity contribution in [2.45, 2.75) is 31.4 Å². The van der Waals surface area contributed by atoms with Gasteiger partial charge in [-0.3, -0.25) is 10.1 Å². The summed E-state index contributed by atoms with van der Waals surface area (Å²) in [6.45, 7) is 3.88. The molecule has 30 heavy (non-hydrogen) atoms. The summed E-state index contributed by atoms with van der Waals surface area (Å²) in [6.07, 6.45) is 0.594. The summed E-state index contributed by atoms with van der Waals surface area (Å²) in [5, 5.41) is 5.49. The van der Waals surface area contributed by atoms with Crippen molar-refractivity contribution in [3.8, 4) is 0 Å². The lowest BCUT2D eigenvalue weighted by molar-refractivity contribution is -0.0388. The summed E-state index contributed by atoms with van der Waals surface area (Å²) in [6, 6.07) is 9.67. The highest BCUT2D eigenvalue weighted by molar-refractivity contribution is 5.94. The van der Waals surface area contributed by atoms with E-state index >= 15 is 0 Å². The van der Waals surface area contributed by atoms with Crippen molar-refractivity contribution >= 4 is 17.7 Å². The molecule has 0 aliphatic carbocycles. The van der Waals surface area contributed by atoms with Crippen molar-refractivity contribution < 1.29 is 23.1 Å². The van der Waals surface area contributed by atoms with E-state index in [2.05, 4.69) is 15.5 Å². The molecule has 0 aromatic heterocycles. The molecule has 2 aliphatic heterocycles. The van der Waals surface area contributed by atoms with Crippen LogP contribution in [0, 0.1) is 11.6 Å². The summed E-state index contributed by atoms with van der Waals surface area (Å²) in [7, 11) is 0. The Morgan fingerprint density at radius 3 is 2.53 bits per heavy atom. The first-order valence-corrected chi connectivity index (χ1v) is 9.93. The Balaban J connectivity index is 1.36. The fraction of sp³-hybridized carbons (Fsp3) is 0.364. The number of hydrogen-bond acceptors (Lipinski definition) is 4. The highest BCUT2D eigenvalue weighted by Gasteiger charge is 2.44. The molecular formula is C22H23F2N3O3. The predicted molar refractivity (Wildman–Crippen MR) is 107 cm³/mol. The van der Waals surface area contributed by atoms with Gasteiger partial charge in [0.15, 0.2) is 0 Å². The number of carbonyl (C=O) groups is 2. The predicted octanol–water partition coefficient (Wildman–Crippen LogP) is 3.64. The van der Waals surface area contributed by atoms with Crippen LogP contribution in [0.5, 0.6) is 0 Å². The lowest BCUT2D eigenvalue weighted by Gasteiger charge is -2.44. The van der Waals surface area contributed by atoms with Gasteiger partial charge < -0.3 is 15.0 Å². The molecule has 2 heterocycles. The van der Waals surface area contributed by atoms with Gasteiger partial charge in [0.05, 0.1) is 5.69 Å². The zero-order valence-electron chi connectivity index (χ0n) is 16.6. The minimum atomic E-state index is -0.761. The SMILES string of the molecule is C[C@@H](CN1CCC2(CC1)OC(=O)Nc1cc(F)ccc12)NC(=O)c1ccc(F)cc1. The minimum Gasteiger partial charge on any atom is -0.438 e. The first-order valence-electron chi connectivity index (χ1n) is 9.93. The Labute approximate surface area is 173 Å². The number of nitrogens with one attached hydrogen (secondary N) is 2. The van der Waals surface area contributed by atoms with E-state index < -0.39 is 17.5 Å². The van der Waals surface area contributed by atoms with Crippen molar-refractivity contribution in [3.63, 3.8) is 0 Å². The maximum absolute atomic E-state index is 13.6. The summed E-state index contributed by atoms with van der Waals surface area (Å²) < 4.78 is 32.3. The molecule has 4 rings (SSSR count). The van der Waals surface area contributed by atoms with E-state index in [4.69, 9.17) is 4.74 Å². The average molecular weight is 415 g/mol. The molecule has 2 amide bonds. The number of likely N-dealkylation sites (tertiary alicyclic amines) is 1. The van der Waals surface area contributed by atoms with E-state index in [1.54, 1.807) is 6.07 Å². The number of halogens is 2. The quantitative estimate of drug-likeness (QED) is 0.800. The molecule has 2 aromatic rings. The second-order valence-electron chi connectivity index (χ2n) is 7.88. The number of ether oxygens (including phenoxy) is 1. The fourth-order valence-corrected chi connectivity index (χ4v) is 4.19. The second-order valence-corrected chi connectivity index (χ2v) is 7.88. The van der Waals surface area contributed by atoms with Crippen LogP contribution in [-0.2, 0) is 10.3 Å². The van der Waals surface area contributed by atoms with Crippen molar-refractivity contribution in [3.05, 3.63) is 65.2 Å². The normalized spacial score (nSPS) is 18.8. The van der Waals surface area contributed by atoms with Crippen LogP contribution < -0.4 is 10.6 Å². The van der Waals surface area contributed by atoms with Crippen molar-refractivity contribution in [1.29, 1.82) is 0 Å². The van der Waals surface area contributed by atoms with Crippen LogP contribution in [0.3, 0.4) is 0 Å². The molecule has 2 aliphatic rings. The molecule has 8 heteroatoms. The lowest BCUT2D eigenvalue weighted by Crippen LogP contribution is -2.51. The smallest absolute Gasteiger partial charge is 0.412 e. The standard InChI is InChI=1S/C22H23F2N3O3/c1-14(25-20(28)15-2-4-16(23)5-3-15)13-27-10-8-22(9-11-27)18-7-6-17(24)12-19(18)26-21(29)30-22/h2-7,12,14H,8-11,13H2,1H3,(H,25,28)(H,26,29)/t14-/m0/s1. The zero-order valence-corrected chi connectivity index (χ0v) is 16.6. The van der Waals surface area contributed by atoms with Crippen LogP contribution in [0.1, 0.15) is 35.7 Å².